The molecule has 2 amide bonds. The van der Waals surface area contributed by atoms with Crippen LogP contribution in [0.15, 0.2) is 34.2 Å². The Hall–Kier alpha value is -2.88. The highest BCUT2D eigenvalue weighted by Gasteiger charge is 2.20. The summed E-state index contributed by atoms with van der Waals surface area (Å²) in [5, 5.41) is 15.6. The van der Waals surface area contributed by atoms with E-state index in [1.54, 1.807) is 10.5 Å². The molecule has 0 spiro atoms. The number of carbonyl (C=O) groups excluding carboxylic acids is 2. The van der Waals surface area contributed by atoms with E-state index in [4.69, 9.17) is 0 Å². The summed E-state index contributed by atoms with van der Waals surface area (Å²) < 4.78 is 3.29. The highest BCUT2D eigenvalue weighted by Crippen LogP contribution is 2.22. The SMILES string of the molecule is CC(C)CNC(=O)CCn1c(=O)c2ccccc2n2c(SCC(=O)NC3CCCC3)nnc12. The number of hydrogen-bond donors (Lipinski definition) is 2. The van der Waals surface area contributed by atoms with Crippen LogP contribution in [0, 0.1) is 5.92 Å². The molecular weight excluding hydrogens is 440 g/mol. The smallest absolute Gasteiger partial charge is 0.262 e. The maximum absolute atomic E-state index is 13.2. The van der Waals surface area contributed by atoms with Crippen molar-refractivity contribution in [1.29, 1.82) is 0 Å². The third kappa shape index (κ3) is 5.38. The molecule has 1 aliphatic rings. The minimum Gasteiger partial charge on any atom is -0.356 e. The van der Waals surface area contributed by atoms with Gasteiger partial charge >= 0.3 is 0 Å². The Labute approximate surface area is 196 Å². The monoisotopic (exact) mass is 470 g/mol. The van der Waals surface area contributed by atoms with Crippen LogP contribution in [0.5, 0.6) is 0 Å². The zero-order valence-corrected chi connectivity index (χ0v) is 19.9. The fraction of sp³-hybridized carbons (Fsp3) is 0.522. The van der Waals surface area contributed by atoms with Crippen molar-refractivity contribution < 1.29 is 9.59 Å². The number of fused-ring (bicyclic) bond motifs is 3. The van der Waals surface area contributed by atoms with Gasteiger partial charge in [-0.1, -0.05) is 50.6 Å². The molecule has 0 atom stereocenters. The second-order valence-corrected chi connectivity index (χ2v) is 9.82. The maximum Gasteiger partial charge on any atom is 0.262 e. The average Bonchev–Trinajstić information content (AvgIpc) is 3.46. The summed E-state index contributed by atoms with van der Waals surface area (Å²) in [6, 6.07) is 7.53. The summed E-state index contributed by atoms with van der Waals surface area (Å²) >= 11 is 1.30. The number of aryl methyl sites for hydroxylation is 1. The van der Waals surface area contributed by atoms with Crippen molar-refractivity contribution in [3.8, 4) is 0 Å². The van der Waals surface area contributed by atoms with Crippen molar-refractivity contribution in [2.45, 2.75) is 63.7 Å². The van der Waals surface area contributed by atoms with Crippen LogP contribution in [0.3, 0.4) is 0 Å². The van der Waals surface area contributed by atoms with E-state index in [1.165, 1.54) is 16.3 Å². The van der Waals surface area contributed by atoms with Crippen molar-refractivity contribution in [3.63, 3.8) is 0 Å². The molecule has 0 aliphatic heterocycles. The third-order valence-electron chi connectivity index (χ3n) is 5.80. The molecule has 1 saturated carbocycles. The number of carbonyl (C=O) groups is 2. The van der Waals surface area contributed by atoms with Gasteiger partial charge < -0.3 is 10.6 Å². The lowest BCUT2D eigenvalue weighted by atomic mass is 10.2. The second-order valence-electron chi connectivity index (χ2n) is 8.88. The molecule has 2 aromatic heterocycles. The first-order chi connectivity index (χ1) is 15.9. The Balaban J connectivity index is 1.59. The quantitative estimate of drug-likeness (QED) is 0.465. The topological polar surface area (TPSA) is 110 Å². The number of benzene rings is 1. The molecule has 3 aromatic rings. The van der Waals surface area contributed by atoms with E-state index in [2.05, 4.69) is 20.8 Å². The number of aromatic nitrogens is 4. The summed E-state index contributed by atoms with van der Waals surface area (Å²) in [6.45, 7) is 4.85. The van der Waals surface area contributed by atoms with Gasteiger partial charge in [-0.15, -0.1) is 10.2 Å². The molecule has 4 rings (SSSR count). The van der Waals surface area contributed by atoms with E-state index < -0.39 is 0 Å². The van der Waals surface area contributed by atoms with Gasteiger partial charge in [0.1, 0.15) is 0 Å². The summed E-state index contributed by atoms with van der Waals surface area (Å²) in [4.78, 5) is 37.8. The predicted octanol–water partition coefficient (Wildman–Crippen LogP) is 2.36. The van der Waals surface area contributed by atoms with E-state index in [0.717, 1.165) is 25.7 Å². The van der Waals surface area contributed by atoms with Crippen LogP contribution in [-0.4, -0.2) is 49.3 Å². The van der Waals surface area contributed by atoms with Crippen LogP contribution in [0.4, 0.5) is 0 Å². The Bertz CT molecular complexity index is 1210. The lowest BCUT2D eigenvalue weighted by Gasteiger charge is -2.13. The van der Waals surface area contributed by atoms with Crippen molar-refractivity contribution in [1.82, 2.24) is 29.8 Å². The number of para-hydroxylation sites is 1. The van der Waals surface area contributed by atoms with E-state index in [-0.39, 0.29) is 42.1 Å². The zero-order valence-electron chi connectivity index (χ0n) is 19.0. The third-order valence-corrected chi connectivity index (χ3v) is 6.73. The van der Waals surface area contributed by atoms with Gasteiger partial charge in [-0.2, -0.15) is 0 Å². The lowest BCUT2D eigenvalue weighted by molar-refractivity contribution is -0.121. The van der Waals surface area contributed by atoms with Crippen LogP contribution in [0.25, 0.3) is 16.7 Å². The number of hydrogen-bond acceptors (Lipinski definition) is 6. The number of nitrogens with zero attached hydrogens (tertiary/aromatic N) is 4. The summed E-state index contributed by atoms with van der Waals surface area (Å²) in [5.41, 5.74) is 0.472. The van der Waals surface area contributed by atoms with Gasteiger partial charge in [0.2, 0.25) is 17.6 Å². The molecule has 1 aliphatic carbocycles. The molecule has 9 nitrogen and oxygen atoms in total. The van der Waals surface area contributed by atoms with E-state index in [9.17, 15) is 14.4 Å². The molecule has 2 heterocycles. The largest absolute Gasteiger partial charge is 0.356 e. The van der Waals surface area contributed by atoms with Crippen LogP contribution in [0.2, 0.25) is 0 Å². The average molecular weight is 471 g/mol. The van der Waals surface area contributed by atoms with Crippen molar-refractivity contribution >= 4 is 40.3 Å². The van der Waals surface area contributed by atoms with Gasteiger partial charge in [0.25, 0.3) is 5.56 Å². The minimum absolute atomic E-state index is 0.0249. The summed E-state index contributed by atoms with van der Waals surface area (Å²) in [5.74, 6) is 0.810. The highest BCUT2D eigenvalue weighted by atomic mass is 32.2. The Morgan fingerprint density at radius 3 is 2.67 bits per heavy atom. The first-order valence-corrected chi connectivity index (χ1v) is 12.5. The Morgan fingerprint density at radius 2 is 1.91 bits per heavy atom. The molecule has 10 heteroatoms. The molecular formula is C23H30N6O3S. The first-order valence-electron chi connectivity index (χ1n) is 11.5. The van der Waals surface area contributed by atoms with Crippen molar-refractivity contribution in [2.24, 2.45) is 5.92 Å². The molecule has 176 valence electrons. The first kappa shape index (κ1) is 23.3. The predicted molar refractivity (Wildman–Crippen MR) is 128 cm³/mol. The number of thioether (sulfide) groups is 1. The molecule has 33 heavy (non-hydrogen) atoms. The lowest BCUT2D eigenvalue weighted by Crippen LogP contribution is -2.33. The van der Waals surface area contributed by atoms with Gasteiger partial charge in [0.05, 0.1) is 16.7 Å². The number of nitrogens with one attached hydrogen (secondary N) is 2. The van der Waals surface area contributed by atoms with Crippen LogP contribution >= 0.6 is 11.8 Å². The van der Waals surface area contributed by atoms with Crippen LogP contribution in [0.1, 0.15) is 46.0 Å². The summed E-state index contributed by atoms with van der Waals surface area (Å²) in [7, 11) is 0. The van der Waals surface area contributed by atoms with E-state index in [1.807, 2.05) is 32.0 Å². The van der Waals surface area contributed by atoms with E-state index >= 15 is 0 Å². The normalized spacial score (nSPS) is 14.4. The molecule has 0 saturated heterocycles. The van der Waals surface area contributed by atoms with Crippen molar-refractivity contribution in [2.75, 3.05) is 12.3 Å². The van der Waals surface area contributed by atoms with Gasteiger partial charge in [-0.05, 0) is 30.9 Å². The van der Waals surface area contributed by atoms with Gasteiger partial charge in [0.15, 0.2) is 5.16 Å². The molecule has 1 aromatic carbocycles. The Kier molecular flexibility index (Phi) is 7.32. The molecule has 1 fully saturated rings. The Morgan fingerprint density at radius 1 is 1.15 bits per heavy atom. The standard InChI is InChI=1S/C23H30N6O3S/c1-15(2)13-24-19(30)11-12-28-21(32)17-9-5-6-10-18(17)29-22(28)26-27-23(29)33-14-20(31)25-16-7-3-4-8-16/h5-6,9-10,15-16H,3-4,7-8,11-14H2,1-2H3,(H,24,30)(H,25,31). The number of amides is 2. The molecule has 0 radical (unpaired) electrons. The van der Waals surface area contributed by atoms with Crippen LogP contribution < -0.4 is 16.2 Å². The zero-order chi connectivity index (χ0) is 23.4. The van der Waals surface area contributed by atoms with Gasteiger partial charge in [-0.25, -0.2) is 0 Å². The van der Waals surface area contributed by atoms with Gasteiger partial charge in [0, 0.05) is 25.6 Å². The minimum atomic E-state index is -0.210. The molecule has 0 unspecified atom stereocenters. The molecule has 0 bridgehead atoms. The van der Waals surface area contributed by atoms with E-state index in [0.29, 0.717) is 34.3 Å². The second kappa shape index (κ2) is 10.4. The maximum atomic E-state index is 13.2. The van der Waals surface area contributed by atoms with Gasteiger partial charge in [-0.3, -0.25) is 23.4 Å². The number of rotatable bonds is 9. The molecule has 2 N–H and O–H groups in total. The van der Waals surface area contributed by atoms with Crippen LogP contribution in [-0.2, 0) is 16.1 Å². The fourth-order valence-electron chi connectivity index (χ4n) is 4.12. The fourth-order valence-corrected chi connectivity index (χ4v) is 4.87. The van der Waals surface area contributed by atoms with Crippen molar-refractivity contribution in [3.05, 3.63) is 34.6 Å². The summed E-state index contributed by atoms with van der Waals surface area (Å²) in [6.07, 6.45) is 4.55. The highest BCUT2D eigenvalue weighted by molar-refractivity contribution is 7.99.